The molecule has 1 unspecified atom stereocenters. The number of hydrogen-bond donors (Lipinski definition) is 1. The molecule has 0 saturated carbocycles. The summed E-state index contributed by atoms with van der Waals surface area (Å²) in [7, 11) is 1.65. The Balaban J connectivity index is 2.49. The van der Waals surface area contributed by atoms with Crippen LogP contribution in [0.15, 0.2) is 30.3 Å². The van der Waals surface area contributed by atoms with Gasteiger partial charge in [0.1, 0.15) is 0 Å². The minimum atomic E-state index is -1.47. The van der Waals surface area contributed by atoms with E-state index in [9.17, 15) is 13.2 Å². The van der Waals surface area contributed by atoms with Gasteiger partial charge in [0.2, 0.25) is 0 Å². The molecule has 20 heavy (non-hydrogen) atoms. The quantitative estimate of drug-likeness (QED) is 0.830. The molecule has 0 radical (unpaired) electrons. The van der Waals surface area contributed by atoms with Crippen molar-refractivity contribution in [1.82, 2.24) is 5.32 Å². The first-order valence-corrected chi connectivity index (χ1v) is 6.39. The zero-order chi connectivity index (χ0) is 14.9. The van der Waals surface area contributed by atoms with E-state index >= 15 is 0 Å². The van der Waals surface area contributed by atoms with Crippen LogP contribution < -0.4 is 5.32 Å². The van der Waals surface area contributed by atoms with E-state index in [1.165, 1.54) is 0 Å². The molecule has 1 atom stereocenters. The average Bonchev–Trinajstić information content (AvgIpc) is 2.41. The number of aryl methyl sites for hydroxylation is 1. The van der Waals surface area contributed by atoms with Crippen molar-refractivity contribution in [1.29, 1.82) is 0 Å². The Morgan fingerprint density at radius 2 is 1.60 bits per heavy atom. The fraction of sp³-hybridized carbons (Fsp3) is 0.200. The third-order valence-corrected chi connectivity index (χ3v) is 3.56. The van der Waals surface area contributed by atoms with Gasteiger partial charge in [-0.1, -0.05) is 23.7 Å². The van der Waals surface area contributed by atoms with Gasteiger partial charge in [-0.25, -0.2) is 13.2 Å². The maximum absolute atomic E-state index is 13.3. The highest BCUT2D eigenvalue weighted by Crippen LogP contribution is 2.27. The van der Waals surface area contributed by atoms with E-state index < -0.39 is 23.5 Å². The van der Waals surface area contributed by atoms with Crippen LogP contribution >= 0.6 is 11.6 Å². The molecular weight excluding hydrogens is 287 g/mol. The van der Waals surface area contributed by atoms with Gasteiger partial charge >= 0.3 is 0 Å². The van der Waals surface area contributed by atoms with Crippen molar-refractivity contribution in [3.05, 3.63) is 69.5 Å². The fourth-order valence-electron chi connectivity index (χ4n) is 2.06. The number of nitrogens with one attached hydrogen (secondary N) is 1. The summed E-state index contributed by atoms with van der Waals surface area (Å²) in [5.74, 6) is -3.89. The largest absolute Gasteiger partial charge is 0.309 e. The highest BCUT2D eigenvalue weighted by molar-refractivity contribution is 6.31. The monoisotopic (exact) mass is 299 g/mol. The summed E-state index contributed by atoms with van der Waals surface area (Å²) in [6.07, 6.45) is 0. The van der Waals surface area contributed by atoms with E-state index in [0.29, 0.717) is 10.6 Å². The smallest absolute Gasteiger partial charge is 0.194 e. The molecule has 0 heterocycles. The van der Waals surface area contributed by atoms with Crippen molar-refractivity contribution in [2.75, 3.05) is 7.05 Å². The van der Waals surface area contributed by atoms with Crippen LogP contribution in [0.4, 0.5) is 13.2 Å². The summed E-state index contributed by atoms with van der Waals surface area (Å²) >= 11 is 6.05. The van der Waals surface area contributed by atoms with Gasteiger partial charge in [-0.2, -0.15) is 0 Å². The number of benzene rings is 2. The predicted molar refractivity (Wildman–Crippen MR) is 73.4 cm³/mol. The standard InChI is InChI=1S/C15H13ClF3N/c1-8-3-4-9(5-11(8)16)15(20-2)10-6-12(17)14(19)13(18)7-10/h3-7,15,20H,1-2H3. The van der Waals surface area contributed by atoms with Gasteiger partial charge in [0.05, 0.1) is 6.04 Å². The molecule has 0 fully saturated rings. The summed E-state index contributed by atoms with van der Waals surface area (Å²) in [5.41, 5.74) is 1.94. The van der Waals surface area contributed by atoms with E-state index in [4.69, 9.17) is 11.6 Å². The van der Waals surface area contributed by atoms with Gasteiger partial charge in [0.25, 0.3) is 0 Å². The molecule has 2 aromatic carbocycles. The maximum Gasteiger partial charge on any atom is 0.194 e. The summed E-state index contributed by atoms with van der Waals surface area (Å²) < 4.78 is 39.7. The third-order valence-electron chi connectivity index (χ3n) is 3.16. The molecular formula is C15H13ClF3N. The van der Waals surface area contributed by atoms with Crippen molar-refractivity contribution in [2.45, 2.75) is 13.0 Å². The second-order valence-electron chi connectivity index (χ2n) is 4.53. The fourth-order valence-corrected chi connectivity index (χ4v) is 2.25. The molecule has 2 rings (SSSR count). The van der Waals surface area contributed by atoms with Gasteiger partial charge in [-0.05, 0) is 48.9 Å². The minimum absolute atomic E-state index is 0.295. The molecule has 0 aromatic heterocycles. The first-order valence-electron chi connectivity index (χ1n) is 6.01. The highest BCUT2D eigenvalue weighted by atomic mass is 35.5. The van der Waals surface area contributed by atoms with Gasteiger partial charge in [-0.15, -0.1) is 0 Å². The van der Waals surface area contributed by atoms with E-state index in [1.807, 2.05) is 19.1 Å². The lowest BCUT2D eigenvalue weighted by Gasteiger charge is -2.18. The normalized spacial score (nSPS) is 12.5. The van der Waals surface area contributed by atoms with Crippen LogP contribution in [0.2, 0.25) is 5.02 Å². The topological polar surface area (TPSA) is 12.0 Å². The minimum Gasteiger partial charge on any atom is -0.309 e. The van der Waals surface area contributed by atoms with E-state index in [1.54, 1.807) is 13.1 Å². The second kappa shape index (κ2) is 5.85. The summed E-state index contributed by atoms with van der Waals surface area (Å²) in [4.78, 5) is 0. The SMILES string of the molecule is CNC(c1cc(F)c(F)c(F)c1)c1ccc(C)c(Cl)c1. The van der Waals surface area contributed by atoms with Crippen LogP contribution in [0.1, 0.15) is 22.7 Å². The van der Waals surface area contributed by atoms with Crippen molar-refractivity contribution in [3.8, 4) is 0 Å². The van der Waals surface area contributed by atoms with Gasteiger partial charge in [0.15, 0.2) is 17.5 Å². The predicted octanol–water partition coefficient (Wildman–Crippen LogP) is 4.37. The number of rotatable bonds is 3. The Kier molecular flexibility index (Phi) is 4.35. The Labute approximate surface area is 120 Å². The first kappa shape index (κ1) is 14.9. The Morgan fingerprint density at radius 3 is 2.10 bits per heavy atom. The third kappa shape index (κ3) is 2.81. The van der Waals surface area contributed by atoms with Crippen molar-refractivity contribution in [2.24, 2.45) is 0 Å². The molecule has 5 heteroatoms. The van der Waals surface area contributed by atoms with Crippen molar-refractivity contribution in [3.63, 3.8) is 0 Å². The van der Waals surface area contributed by atoms with Crippen LogP contribution in [0.25, 0.3) is 0 Å². The Bertz CT molecular complexity index is 620. The van der Waals surface area contributed by atoms with Gasteiger partial charge in [-0.3, -0.25) is 0 Å². The van der Waals surface area contributed by atoms with E-state index in [2.05, 4.69) is 5.32 Å². The Hall–Kier alpha value is -1.52. The molecule has 0 bridgehead atoms. The van der Waals surface area contributed by atoms with E-state index in [-0.39, 0.29) is 0 Å². The molecule has 0 spiro atoms. The highest BCUT2D eigenvalue weighted by Gasteiger charge is 2.18. The number of hydrogen-bond acceptors (Lipinski definition) is 1. The van der Waals surface area contributed by atoms with Crippen LogP contribution in [-0.2, 0) is 0 Å². The van der Waals surface area contributed by atoms with Gasteiger partial charge in [0, 0.05) is 5.02 Å². The molecule has 1 nitrogen and oxygen atoms in total. The maximum atomic E-state index is 13.3. The molecule has 0 aliphatic rings. The lowest BCUT2D eigenvalue weighted by atomic mass is 9.97. The average molecular weight is 300 g/mol. The summed E-state index contributed by atoms with van der Waals surface area (Å²) in [6, 6.07) is 6.83. The van der Waals surface area contributed by atoms with Gasteiger partial charge < -0.3 is 5.32 Å². The van der Waals surface area contributed by atoms with Crippen LogP contribution in [0.5, 0.6) is 0 Å². The molecule has 0 saturated heterocycles. The zero-order valence-corrected chi connectivity index (χ0v) is 11.7. The van der Waals surface area contributed by atoms with E-state index in [0.717, 1.165) is 23.3 Å². The van der Waals surface area contributed by atoms with Crippen molar-refractivity contribution >= 4 is 11.6 Å². The molecule has 1 N–H and O–H groups in total. The summed E-state index contributed by atoms with van der Waals surface area (Å²) in [5, 5.41) is 3.50. The molecule has 0 aliphatic carbocycles. The molecule has 0 amide bonds. The molecule has 2 aromatic rings. The lowest BCUT2D eigenvalue weighted by molar-refractivity contribution is 0.443. The molecule has 106 valence electrons. The summed E-state index contributed by atoms with van der Waals surface area (Å²) in [6.45, 7) is 1.86. The lowest BCUT2D eigenvalue weighted by Crippen LogP contribution is -2.18. The first-order chi connectivity index (χ1) is 9.43. The zero-order valence-electron chi connectivity index (χ0n) is 11.0. The van der Waals surface area contributed by atoms with Crippen LogP contribution in [0.3, 0.4) is 0 Å². The van der Waals surface area contributed by atoms with Crippen molar-refractivity contribution < 1.29 is 13.2 Å². The molecule has 0 aliphatic heterocycles. The second-order valence-corrected chi connectivity index (χ2v) is 4.94. The Morgan fingerprint density at radius 1 is 1.00 bits per heavy atom. The van der Waals surface area contributed by atoms with Crippen LogP contribution in [0, 0.1) is 24.4 Å². The number of halogens is 4. The van der Waals surface area contributed by atoms with Crippen LogP contribution in [-0.4, -0.2) is 7.05 Å².